The van der Waals surface area contributed by atoms with Crippen molar-refractivity contribution >= 4 is 11.3 Å². The summed E-state index contributed by atoms with van der Waals surface area (Å²) in [6.45, 7) is 4.86. The molecule has 74 valence electrons. The van der Waals surface area contributed by atoms with Crippen molar-refractivity contribution in [2.75, 3.05) is 7.05 Å². The molecule has 0 aromatic carbocycles. The van der Waals surface area contributed by atoms with E-state index in [9.17, 15) is 0 Å². The molecule has 0 fully saturated rings. The second-order valence-corrected chi connectivity index (χ2v) is 3.85. The van der Waals surface area contributed by atoms with Gasteiger partial charge in [0.25, 0.3) is 5.19 Å². The second kappa shape index (κ2) is 5.14. The van der Waals surface area contributed by atoms with Crippen LogP contribution in [0.2, 0.25) is 0 Å². The average molecular weight is 201 g/mol. The van der Waals surface area contributed by atoms with Crippen molar-refractivity contribution in [2.24, 2.45) is 0 Å². The van der Waals surface area contributed by atoms with Crippen molar-refractivity contribution in [1.82, 2.24) is 15.5 Å². The highest BCUT2D eigenvalue weighted by Gasteiger charge is 2.06. The van der Waals surface area contributed by atoms with E-state index in [4.69, 9.17) is 4.74 Å². The number of nitrogens with one attached hydrogen (secondary N) is 1. The maximum absolute atomic E-state index is 5.51. The molecule has 1 N–H and O–H groups in total. The van der Waals surface area contributed by atoms with Crippen LogP contribution < -0.4 is 10.1 Å². The van der Waals surface area contributed by atoms with Gasteiger partial charge in [0, 0.05) is 6.54 Å². The number of hydrogen-bond donors (Lipinski definition) is 1. The zero-order valence-corrected chi connectivity index (χ0v) is 9.02. The molecule has 13 heavy (non-hydrogen) atoms. The van der Waals surface area contributed by atoms with Crippen LogP contribution in [0.1, 0.15) is 25.3 Å². The molecule has 1 aromatic rings. The Kier molecular flexibility index (Phi) is 4.11. The Morgan fingerprint density at radius 1 is 1.54 bits per heavy atom. The topological polar surface area (TPSA) is 47.0 Å². The third-order valence-electron chi connectivity index (χ3n) is 1.65. The maximum Gasteiger partial charge on any atom is 0.294 e. The Hall–Kier alpha value is -0.680. The molecular formula is C8H15N3OS. The first-order chi connectivity index (χ1) is 6.26. The van der Waals surface area contributed by atoms with Crippen molar-refractivity contribution in [3.63, 3.8) is 0 Å². The van der Waals surface area contributed by atoms with Gasteiger partial charge in [-0.2, -0.15) is 0 Å². The van der Waals surface area contributed by atoms with Crippen LogP contribution in [0.5, 0.6) is 5.19 Å². The fourth-order valence-electron chi connectivity index (χ4n) is 0.764. The summed E-state index contributed by atoms with van der Waals surface area (Å²) < 4.78 is 5.51. The largest absolute Gasteiger partial charge is 0.466 e. The molecule has 0 saturated heterocycles. The van der Waals surface area contributed by atoms with Crippen LogP contribution in [0.3, 0.4) is 0 Å². The molecule has 4 nitrogen and oxygen atoms in total. The van der Waals surface area contributed by atoms with Gasteiger partial charge in [0.15, 0.2) is 0 Å². The minimum Gasteiger partial charge on any atom is -0.466 e. The van der Waals surface area contributed by atoms with Gasteiger partial charge in [-0.05, 0) is 20.4 Å². The Labute approximate surface area is 82.3 Å². The third-order valence-corrected chi connectivity index (χ3v) is 2.47. The molecule has 0 saturated carbocycles. The molecule has 1 rings (SSSR count). The van der Waals surface area contributed by atoms with Gasteiger partial charge in [0.2, 0.25) is 0 Å². The van der Waals surface area contributed by atoms with Crippen LogP contribution in [0.4, 0.5) is 0 Å². The van der Waals surface area contributed by atoms with Gasteiger partial charge in [-0.1, -0.05) is 23.4 Å². The summed E-state index contributed by atoms with van der Waals surface area (Å²) >= 11 is 1.49. The van der Waals surface area contributed by atoms with E-state index in [-0.39, 0.29) is 6.10 Å². The summed E-state index contributed by atoms with van der Waals surface area (Å²) in [6, 6.07) is 0. The van der Waals surface area contributed by atoms with Crippen molar-refractivity contribution in [1.29, 1.82) is 0 Å². The van der Waals surface area contributed by atoms with Crippen LogP contribution in [0.25, 0.3) is 0 Å². The van der Waals surface area contributed by atoms with Gasteiger partial charge in [0.05, 0.1) is 6.10 Å². The van der Waals surface area contributed by atoms with Crippen molar-refractivity contribution in [2.45, 2.75) is 32.9 Å². The van der Waals surface area contributed by atoms with Crippen molar-refractivity contribution in [3.05, 3.63) is 5.01 Å². The fourth-order valence-corrected chi connectivity index (χ4v) is 1.56. The van der Waals surface area contributed by atoms with Gasteiger partial charge in [-0.3, -0.25) is 0 Å². The smallest absolute Gasteiger partial charge is 0.294 e. The molecule has 0 aliphatic rings. The predicted molar refractivity (Wildman–Crippen MR) is 53.1 cm³/mol. The van der Waals surface area contributed by atoms with E-state index in [0.717, 1.165) is 18.0 Å². The van der Waals surface area contributed by atoms with E-state index in [0.29, 0.717) is 5.19 Å². The number of rotatable bonds is 5. The van der Waals surface area contributed by atoms with Crippen molar-refractivity contribution in [3.8, 4) is 5.19 Å². The Morgan fingerprint density at radius 3 is 2.92 bits per heavy atom. The highest BCUT2D eigenvalue weighted by molar-refractivity contribution is 7.13. The third kappa shape index (κ3) is 3.28. The molecule has 1 aromatic heterocycles. The lowest BCUT2D eigenvalue weighted by Crippen LogP contribution is -2.09. The first-order valence-electron chi connectivity index (χ1n) is 4.40. The van der Waals surface area contributed by atoms with Gasteiger partial charge in [0.1, 0.15) is 5.01 Å². The predicted octanol–water partition coefficient (Wildman–Crippen LogP) is 1.43. The molecule has 0 spiro atoms. The number of nitrogens with zero attached hydrogens (tertiary/aromatic N) is 2. The molecule has 1 atom stereocenters. The molecule has 0 radical (unpaired) electrons. The van der Waals surface area contributed by atoms with E-state index < -0.39 is 0 Å². The van der Waals surface area contributed by atoms with E-state index in [1.165, 1.54) is 11.3 Å². The highest BCUT2D eigenvalue weighted by Crippen LogP contribution is 2.19. The van der Waals surface area contributed by atoms with E-state index in [1.807, 2.05) is 14.0 Å². The lowest BCUT2D eigenvalue weighted by Gasteiger charge is -2.07. The highest BCUT2D eigenvalue weighted by atomic mass is 32.1. The summed E-state index contributed by atoms with van der Waals surface area (Å²) in [5.74, 6) is 0. The summed E-state index contributed by atoms with van der Waals surface area (Å²) in [6.07, 6.45) is 1.20. The number of ether oxygens (including phenoxy) is 1. The minimum absolute atomic E-state index is 0.218. The van der Waals surface area contributed by atoms with Crippen molar-refractivity contribution < 1.29 is 4.74 Å². The molecule has 0 bridgehead atoms. The molecule has 5 heteroatoms. The summed E-state index contributed by atoms with van der Waals surface area (Å²) in [4.78, 5) is 0. The summed E-state index contributed by atoms with van der Waals surface area (Å²) in [5, 5.41) is 12.5. The molecule has 0 amide bonds. The standard InChI is InChI=1S/C8H15N3OS/c1-4-6(2)12-8-11-10-7(13-8)5-9-3/h6,9H,4-5H2,1-3H3. The fraction of sp³-hybridized carbons (Fsp3) is 0.750. The minimum atomic E-state index is 0.218. The number of hydrogen-bond acceptors (Lipinski definition) is 5. The van der Waals surface area contributed by atoms with Gasteiger partial charge in [-0.25, -0.2) is 0 Å². The van der Waals surface area contributed by atoms with Gasteiger partial charge < -0.3 is 10.1 Å². The quantitative estimate of drug-likeness (QED) is 0.783. The Bertz CT molecular complexity index is 251. The first-order valence-corrected chi connectivity index (χ1v) is 5.21. The van der Waals surface area contributed by atoms with Gasteiger partial charge >= 0.3 is 0 Å². The Balaban J connectivity index is 2.48. The first kappa shape index (κ1) is 10.4. The molecule has 1 unspecified atom stereocenters. The van der Waals surface area contributed by atoms with Crippen LogP contribution in [-0.2, 0) is 6.54 Å². The SMILES string of the molecule is CCC(C)Oc1nnc(CNC)s1. The summed E-state index contributed by atoms with van der Waals surface area (Å²) in [7, 11) is 1.89. The lowest BCUT2D eigenvalue weighted by molar-refractivity contribution is 0.215. The Morgan fingerprint density at radius 2 is 2.31 bits per heavy atom. The molecule has 0 aliphatic heterocycles. The van der Waals surface area contributed by atoms with Crippen LogP contribution in [-0.4, -0.2) is 23.3 Å². The maximum atomic E-state index is 5.51. The summed E-state index contributed by atoms with van der Waals surface area (Å²) in [5.41, 5.74) is 0. The molecule has 1 heterocycles. The van der Waals surface area contributed by atoms with Crippen LogP contribution >= 0.6 is 11.3 Å². The van der Waals surface area contributed by atoms with Crippen LogP contribution in [0, 0.1) is 0 Å². The zero-order chi connectivity index (χ0) is 9.68. The molecule has 0 aliphatic carbocycles. The normalized spacial score (nSPS) is 12.8. The zero-order valence-electron chi connectivity index (χ0n) is 8.20. The lowest BCUT2D eigenvalue weighted by atomic mass is 10.3. The van der Waals surface area contributed by atoms with E-state index >= 15 is 0 Å². The number of aromatic nitrogens is 2. The van der Waals surface area contributed by atoms with E-state index in [2.05, 4.69) is 22.4 Å². The van der Waals surface area contributed by atoms with E-state index in [1.54, 1.807) is 0 Å². The van der Waals surface area contributed by atoms with Crippen LogP contribution in [0.15, 0.2) is 0 Å². The average Bonchev–Trinajstić information content (AvgIpc) is 2.53. The second-order valence-electron chi connectivity index (χ2n) is 2.83. The molecular weight excluding hydrogens is 186 g/mol. The van der Waals surface area contributed by atoms with Gasteiger partial charge in [-0.15, -0.1) is 5.10 Å². The monoisotopic (exact) mass is 201 g/mol.